The molecule has 0 bridgehead atoms. The average molecular weight is 354 g/mol. The standard InChI is InChI=1S/C15H15NO7S/c17-12(9-16-7-1-2-11(8-16)15(18)19)10-23-13-3-5-14(6-4-13)24(20,21)22/h1-8,12,17H,9-10H2,(H-,18,19,20,21,22)/p+1. The highest BCUT2D eigenvalue weighted by atomic mass is 32.2. The van der Waals surface area contributed by atoms with E-state index in [1.54, 1.807) is 12.3 Å². The molecular formula is C15H16NO7S+. The number of carboxylic acids is 1. The first-order valence-electron chi connectivity index (χ1n) is 6.86. The molecule has 0 fully saturated rings. The Balaban J connectivity index is 1.92. The average Bonchev–Trinajstić information content (AvgIpc) is 2.53. The van der Waals surface area contributed by atoms with E-state index in [-0.39, 0.29) is 23.6 Å². The molecule has 0 spiro atoms. The number of nitrogens with zero attached hydrogens (tertiary/aromatic N) is 1. The molecule has 1 unspecified atom stereocenters. The van der Waals surface area contributed by atoms with E-state index in [4.69, 9.17) is 14.4 Å². The molecule has 2 rings (SSSR count). The van der Waals surface area contributed by atoms with Gasteiger partial charge in [-0.3, -0.25) is 4.55 Å². The second-order valence-corrected chi connectivity index (χ2v) is 6.43. The Hall–Kier alpha value is -2.49. The summed E-state index contributed by atoms with van der Waals surface area (Å²) >= 11 is 0. The van der Waals surface area contributed by atoms with Crippen LogP contribution in [-0.4, -0.2) is 41.9 Å². The second kappa shape index (κ2) is 7.39. The molecular weight excluding hydrogens is 338 g/mol. The third kappa shape index (κ3) is 5.01. The van der Waals surface area contributed by atoms with Crippen LogP contribution < -0.4 is 9.30 Å². The van der Waals surface area contributed by atoms with Crippen LogP contribution in [0.5, 0.6) is 5.75 Å². The van der Waals surface area contributed by atoms with E-state index in [1.165, 1.54) is 41.1 Å². The highest BCUT2D eigenvalue weighted by molar-refractivity contribution is 7.85. The van der Waals surface area contributed by atoms with Crippen molar-refractivity contribution in [1.29, 1.82) is 0 Å². The van der Waals surface area contributed by atoms with E-state index in [0.29, 0.717) is 5.75 Å². The Morgan fingerprint density at radius 3 is 2.46 bits per heavy atom. The number of hydrogen-bond donors (Lipinski definition) is 3. The van der Waals surface area contributed by atoms with Gasteiger partial charge < -0.3 is 14.9 Å². The van der Waals surface area contributed by atoms with E-state index in [0.717, 1.165) is 0 Å². The van der Waals surface area contributed by atoms with Crippen LogP contribution in [0.4, 0.5) is 0 Å². The first-order chi connectivity index (χ1) is 11.3. The number of rotatable bonds is 7. The molecule has 2 aromatic rings. The van der Waals surface area contributed by atoms with Crippen LogP contribution >= 0.6 is 0 Å². The van der Waals surface area contributed by atoms with E-state index >= 15 is 0 Å². The number of aromatic carboxylic acids is 1. The summed E-state index contributed by atoms with van der Waals surface area (Å²) in [6.07, 6.45) is 2.11. The molecule has 0 aliphatic heterocycles. The van der Waals surface area contributed by atoms with Crippen molar-refractivity contribution in [2.45, 2.75) is 17.5 Å². The van der Waals surface area contributed by atoms with Gasteiger partial charge in [-0.25, -0.2) is 9.36 Å². The van der Waals surface area contributed by atoms with Gasteiger partial charge in [0.15, 0.2) is 18.9 Å². The fourth-order valence-electron chi connectivity index (χ4n) is 1.96. The third-order valence-corrected chi connectivity index (χ3v) is 3.96. The second-order valence-electron chi connectivity index (χ2n) is 5.01. The number of hydrogen-bond acceptors (Lipinski definition) is 5. The number of pyridine rings is 1. The summed E-state index contributed by atoms with van der Waals surface area (Å²) in [5.74, 6) is -0.736. The minimum atomic E-state index is -4.26. The van der Waals surface area contributed by atoms with Gasteiger partial charge >= 0.3 is 5.97 Å². The summed E-state index contributed by atoms with van der Waals surface area (Å²) in [5, 5.41) is 18.9. The summed E-state index contributed by atoms with van der Waals surface area (Å²) in [4.78, 5) is 10.6. The summed E-state index contributed by atoms with van der Waals surface area (Å²) in [7, 11) is -4.26. The van der Waals surface area contributed by atoms with Crippen molar-refractivity contribution >= 4 is 16.1 Å². The Kier molecular flexibility index (Phi) is 5.50. The maximum Gasteiger partial charge on any atom is 0.341 e. The molecule has 0 aliphatic carbocycles. The lowest BCUT2D eigenvalue weighted by Crippen LogP contribution is -2.42. The molecule has 8 nitrogen and oxygen atoms in total. The van der Waals surface area contributed by atoms with Crippen LogP contribution in [0.2, 0.25) is 0 Å². The molecule has 1 atom stereocenters. The quantitative estimate of drug-likeness (QED) is 0.484. The highest BCUT2D eigenvalue weighted by Crippen LogP contribution is 2.15. The number of ether oxygens (including phenoxy) is 1. The van der Waals surface area contributed by atoms with Gasteiger partial charge in [0.25, 0.3) is 10.1 Å². The lowest BCUT2D eigenvalue weighted by atomic mass is 10.3. The van der Waals surface area contributed by atoms with Crippen LogP contribution in [0.15, 0.2) is 53.7 Å². The summed E-state index contributed by atoms with van der Waals surface area (Å²) in [5.41, 5.74) is 0.103. The Labute approximate surface area is 138 Å². The lowest BCUT2D eigenvalue weighted by Gasteiger charge is -2.10. The molecule has 9 heteroatoms. The van der Waals surface area contributed by atoms with Crippen molar-refractivity contribution in [3.63, 3.8) is 0 Å². The van der Waals surface area contributed by atoms with Gasteiger partial charge in [0.05, 0.1) is 4.90 Å². The van der Waals surface area contributed by atoms with Gasteiger partial charge in [0.1, 0.15) is 24.0 Å². The number of aliphatic hydroxyl groups excluding tert-OH is 1. The SMILES string of the molecule is O=C(O)c1ccc[n+](CC(O)COc2ccc(S(=O)(=O)O)cc2)c1. The molecule has 3 N–H and O–H groups in total. The number of carboxylic acid groups (broad SMARTS) is 1. The Bertz CT molecular complexity index is 818. The predicted octanol–water partition coefficient (Wildman–Crippen LogP) is 0.359. The summed E-state index contributed by atoms with van der Waals surface area (Å²) < 4.78 is 37.6. The van der Waals surface area contributed by atoms with Crippen LogP contribution in [0.1, 0.15) is 10.4 Å². The molecule has 1 heterocycles. The topological polar surface area (TPSA) is 125 Å². The molecule has 1 aromatic heterocycles. The van der Waals surface area contributed by atoms with E-state index in [2.05, 4.69) is 0 Å². The molecule has 1 aromatic carbocycles. The minimum Gasteiger partial charge on any atom is -0.491 e. The fourth-order valence-corrected chi connectivity index (χ4v) is 2.44. The molecule has 0 saturated carbocycles. The first kappa shape index (κ1) is 17.9. The van der Waals surface area contributed by atoms with Crippen molar-refractivity contribution in [2.24, 2.45) is 0 Å². The number of benzene rings is 1. The van der Waals surface area contributed by atoms with Crippen LogP contribution in [-0.2, 0) is 16.7 Å². The monoisotopic (exact) mass is 354 g/mol. The van der Waals surface area contributed by atoms with Gasteiger partial charge in [-0.05, 0) is 30.3 Å². The maximum atomic E-state index is 10.9. The number of aromatic nitrogens is 1. The van der Waals surface area contributed by atoms with Crippen molar-refractivity contribution in [3.8, 4) is 5.75 Å². The molecule has 0 aliphatic rings. The Morgan fingerprint density at radius 1 is 1.21 bits per heavy atom. The van der Waals surface area contributed by atoms with Crippen LogP contribution in [0.25, 0.3) is 0 Å². The fraction of sp³-hybridized carbons (Fsp3) is 0.200. The maximum absolute atomic E-state index is 10.9. The van der Waals surface area contributed by atoms with Crippen LogP contribution in [0.3, 0.4) is 0 Å². The molecule has 128 valence electrons. The van der Waals surface area contributed by atoms with Crippen molar-refractivity contribution < 1.29 is 37.3 Å². The van der Waals surface area contributed by atoms with Gasteiger partial charge in [0, 0.05) is 6.07 Å². The number of carbonyl (C=O) groups is 1. The number of aliphatic hydroxyl groups is 1. The third-order valence-electron chi connectivity index (χ3n) is 3.09. The van der Waals surface area contributed by atoms with Gasteiger partial charge in [-0.15, -0.1) is 0 Å². The first-order valence-corrected chi connectivity index (χ1v) is 8.30. The van der Waals surface area contributed by atoms with Crippen molar-refractivity contribution in [3.05, 3.63) is 54.4 Å². The van der Waals surface area contributed by atoms with Crippen LogP contribution in [0, 0.1) is 0 Å². The lowest BCUT2D eigenvalue weighted by molar-refractivity contribution is -0.703. The highest BCUT2D eigenvalue weighted by Gasteiger charge is 2.15. The van der Waals surface area contributed by atoms with Crippen molar-refractivity contribution in [1.82, 2.24) is 0 Å². The minimum absolute atomic E-state index is 0.0739. The smallest absolute Gasteiger partial charge is 0.341 e. The molecule has 0 saturated heterocycles. The van der Waals surface area contributed by atoms with Crippen molar-refractivity contribution in [2.75, 3.05) is 6.61 Å². The predicted molar refractivity (Wildman–Crippen MR) is 81.4 cm³/mol. The van der Waals surface area contributed by atoms with Gasteiger partial charge in [0.2, 0.25) is 0 Å². The molecule has 0 amide bonds. The van der Waals surface area contributed by atoms with Gasteiger partial charge in [-0.2, -0.15) is 8.42 Å². The summed E-state index contributed by atoms with van der Waals surface area (Å²) in [6.45, 7) is 0.0553. The largest absolute Gasteiger partial charge is 0.491 e. The zero-order valence-corrected chi connectivity index (χ0v) is 13.3. The molecule has 0 radical (unpaired) electrons. The van der Waals surface area contributed by atoms with E-state index in [1.807, 2.05) is 0 Å². The zero-order valence-electron chi connectivity index (χ0n) is 12.4. The molecule has 24 heavy (non-hydrogen) atoms. The van der Waals surface area contributed by atoms with E-state index in [9.17, 15) is 18.3 Å². The zero-order chi connectivity index (χ0) is 17.7. The van der Waals surface area contributed by atoms with E-state index < -0.39 is 22.2 Å². The summed E-state index contributed by atoms with van der Waals surface area (Å²) in [6, 6.07) is 8.08. The normalized spacial score (nSPS) is 12.6. The van der Waals surface area contributed by atoms with Gasteiger partial charge in [-0.1, -0.05) is 0 Å². The Morgan fingerprint density at radius 2 is 1.88 bits per heavy atom.